The third-order valence-corrected chi connectivity index (χ3v) is 3.23. The molecule has 0 spiro atoms. The molecule has 126 valence electrons. The van der Waals surface area contributed by atoms with Crippen LogP contribution in [-0.4, -0.2) is 41.3 Å². The molecule has 0 aliphatic carbocycles. The zero-order valence-electron chi connectivity index (χ0n) is 13.1. The average molecular weight is 324 g/mol. The van der Waals surface area contributed by atoms with Gasteiger partial charge in [0.05, 0.1) is 0 Å². The predicted octanol–water partition coefficient (Wildman–Crippen LogP) is 1.56. The van der Waals surface area contributed by atoms with Gasteiger partial charge >= 0.3 is 11.9 Å². The quantitative estimate of drug-likeness (QED) is 0.726. The Morgan fingerprint density at radius 2 is 1.91 bits per heavy atom. The molecule has 0 radical (unpaired) electrons. The van der Waals surface area contributed by atoms with Crippen LogP contribution in [0, 0.1) is 12.7 Å². The third-order valence-electron chi connectivity index (χ3n) is 3.23. The molecule has 1 aliphatic rings. The van der Waals surface area contributed by atoms with Crippen LogP contribution in [0.1, 0.15) is 18.1 Å². The molecule has 0 fully saturated rings. The first-order valence-corrected chi connectivity index (χ1v) is 7.14. The maximum Gasteiger partial charge on any atom is 0.328 e. The highest BCUT2D eigenvalue weighted by atomic mass is 19.1. The van der Waals surface area contributed by atoms with Crippen LogP contribution in [-0.2, 0) is 16.0 Å². The number of carboxylic acids is 2. The van der Waals surface area contributed by atoms with Crippen molar-refractivity contribution in [3.05, 3.63) is 41.2 Å². The fourth-order valence-electron chi connectivity index (χ4n) is 2.26. The summed E-state index contributed by atoms with van der Waals surface area (Å²) in [5, 5.41) is 15.6. The van der Waals surface area contributed by atoms with E-state index in [-0.39, 0.29) is 11.9 Å². The highest BCUT2D eigenvalue weighted by Crippen LogP contribution is 2.30. The van der Waals surface area contributed by atoms with E-state index < -0.39 is 11.9 Å². The van der Waals surface area contributed by atoms with Gasteiger partial charge < -0.3 is 20.8 Å². The van der Waals surface area contributed by atoms with Crippen LogP contribution >= 0.6 is 0 Å². The largest absolute Gasteiger partial charge is 0.478 e. The van der Waals surface area contributed by atoms with Crippen LogP contribution in [0.3, 0.4) is 0 Å². The molecule has 1 aromatic carbocycles. The van der Waals surface area contributed by atoms with Crippen molar-refractivity contribution in [2.24, 2.45) is 5.73 Å². The maximum atomic E-state index is 13.3. The number of benzene rings is 1. The molecule has 0 bridgehead atoms. The second kappa shape index (κ2) is 8.28. The van der Waals surface area contributed by atoms with E-state index in [1.54, 1.807) is 13.0 Å². The number of fused-ring (bicyclic) bond motifs is 1. The molecule has 4 N–H and O–H groups in total. The zero-order valence-corrected chi connectivity index (χ0v) is 13.1. The lowest BCUT2D eigenvalue weighted by atomic mass is 10.1. The standard InChI is InChI=1S/C12H17FN2.C4H4O4/c1-8-5-12-10(6-11(8)13)3-4-15(12)7-9(2)14;5-3(6)1-2-4(7)8/h5-6,9H,3-4,7,14H2,1-2H3;1-2H,(H,5,6)(H,7,8)/b;2-1+. The molecule has 23 heavy (non-hydrogen) atoms. The van der Waals surface area contributed by atoms with E-state index in [4.69, 9.17) is 15.9 Å². The number of aryl methyl sites for hydroxylation is 1. The molecule has 1 heterocycles. The summed E-state index contributed by atoms with van der Waals surface area (Å²) in [5.41, 5.74) is 8.76. The van der Waals surface area contributed by atoms with Gasteiger partial charge in [0.15, 0.2) is 0 Å². The first-order valence-electron chi connectivity index (χ1n) is 7.14. The van der Waals surface area contributed by atoms with Gasteiger partial charge in [0.25, 0.3) is 0 Å². The fourth-order valence-corrected chi connectivity index (χ4v) is 2.26. The molecular formula is C16H21FN2O4. The summed E-state index contributed by atoms with van der Waals surface area (Å²) in [6, 6.07) is 3.74. The normalized spacial score (nSPS) is 14.2. The highest BCUT2D eigenvalue weighted by molar-refractivity contribution is 5.89. The summed E-state index contributed by atoms with van der Waals surface area (Å²) in [6.07, 6.45) is 2.05. The van der Waals surface area contributed by atoms with Crippen molar-refractivity contribution in [2.45, 2.75) is 26.3 Å². The number of carboxylic acid groups (broad SMARTS) is 2. The van der Waals surface area contributed by atoms with Gasteiger partial charge in [-0.05, 0) is 43.5 Å². The lowest BCUT2D eigenvalue weighted by Crippen LogP contribution is -2.34. The Kier molecular flexibility index (Phi) is 6.71. The van der Waals surface area contributed by atoms with Crippen LogP contribution < -0.4 is 10.6 Å². The van der Waals surface area contributed by atoms with Gasteiger partial charge in [0.2, 0.25) is 0 Å². The van der Waals surface area contributed by atoms with Crippen molar-refractivity contribution in [1.82, 2.24) is 0 Å². The summed E-state index contributed by atoms with van der Waals surface area (Å²) in [7, 11) is 0. The zero-order chi connectivity index (χ0) is 17.6. The van der Waals surface area contributed by atoms with Gasteiger partial charge in [-0.3, -0.25) is 0 Å². The number of nitrogens with two attached hydrogens (primary N) is 1. The number of hydrogen-bond acceptors (Lipinski definition) is 4. The molecule has 1 aromatic rings. The summed E-state index contributed by atoms with van der Waals surface area (Å²) >= 11 is 0. The molecule has 0 saturated carbocycles. The van der Waals surface area contributed by atoms with Crippen LogP contribution in [0.5, 0.6) is 0 Å². The Labute approximate surface area is 134 Å². The average Bonchev–Trinajstić information content (AvgIpc) is 2.79. The van der Waals surface area contributed by atoms with Crippen molar-refractivity contribution in [3.8, 4) is 0 Å². The number of carbonyl (C=O) groups is 2. The first kappa shape index (κ1) is 18.6. The Balaban J connectivity index is 0.000000284. The Hall–Kier alpha value is -2.41. The number of rotatable bonds is 4. The van der Waals surface area contributed by atoms with Gasteiger partial charge in [-0.25, -0.2) is 14.0 Å². The van der Waals surface area contributed by atoms with E-state index in [1.807, 2.05) is 13.0 Å². The lowest BCUT2D eigenvalue weighted by Gasteiger charge is -2.21. The summed E-state index contributed by atoms with van der Waals surface area (Å²) in [6.45, 7) is 5.60. The molecule has 1 aliphatic heterocycles. The minimum Gasteiger partial charge on any atom is -0.478 e. The number of hydrogen-bond donors (Lipinski definition) is 3. The molecular weight excluding hydrogens is 303 g/mol. The minimum absolute atomic E-state index is 0.101. The van der Waals surface area contributed by atoms with Gasteiger partial charge in [0, 0.05) is 37.0 Å². The van der Waals surface area contributed by atoms with Crippen LogP contribution in [0.15, 0.2) is 24.3 Å². The second-order valence-corrected chi connectivity index (χ2v) is 5.41. The van der Waals surface area contributed by atoms with E-state index in [0.29, 0.717) is 17.7 Å². The molecule has 0 aromatic heterocycles. The molecule has 1 atom stereocenters. The topological polar surface area (TPSA) is 104 Å². The number of halogens is 1. The van der Waals surface area contributed by atoms with E-state index >= 15 is 0 Å². The fraction of sp³-hybridized carbons (Fsp3) is 0.375. The van der Waals surface area contributed by atoms with Gasteiger partial charge in [-0.2, -0.15) is 0 Å². The molecule has 0 saturated heterocycles. The maximum absolute atomic E-state index is 13.3. The molecule has 2 rings (SSSR count). The number of aliphatic carboxylic acids is 2. The number of anilines is 1. The Morgan fingerprint density at radius 1 is 1.35 bits per heavy atom. The van der Waals surface area contributed by atoms with Crippen molar-refractivity contribution in [1.29, 1.82) is 0 Å². The van der Waals surface area contributed by atoms with E-state index in [2.05, 4.69) is 4.90 Å². The Bertz CT molecular complexity index is 598. The molecule has 6 nitrogen and oxygen atoms in total. The predicted molar refractivity (Wildman–Crippen MR) is 85.1 cm³/mol. The van der Waals surface area contributed by atoms with E-state index in [0.717, 1.165) is 30.8 Å². The summed E-state index contributed by atoms with van der Waals surface area (Å²) < 4.78 is 13.3. The molecule has 1 unspecified atom stereocenters. The van der Waals surface area contributed by atoms with Crippen molar-refractivity contribution >= 4 is 17.6 Å². The summed E-state index contributed by atoms with van der Waals surface area (Å²) in [4.78, 5) is 21.3. The van der Waals surface area contributed by atoms with E-state index in [1.165, 1.54) is 0 Å². The van der Waals surface area contributed by atoms with Crippen molar-refractivity contribution in [2.75, 3.05) is 18.0 Å². The minimum atomic E-state index is -1.26. The third kappa shape index (κ3) is 6.07. The van der Waals surface area contributed by atoms with Crippen molar-refractivity contribution < 1.29 is 24.2 Å². The SMILES string of the molecule is Cc1cc2c(cc1F)CCN2CC(C)N.O=C(O)/C=C/C(=O)O. The lowest BCUT2D eigenvalue weighted by molar-refractivity contribution is -0.134. The smallest absolute Gasteiger partial charge is 0.328 e. The van der Waals surface area contributed by atoms with E-state index in [9.17, 15) is 14.0 Å². The van der Waals surface area contributed by atoms with Crippen LogP contribution in [0.25, 0.3) is 0 Å². The molecule has 7 heteroatoms. The monoisotopic (exact) mass is 324 g/mol. The van der Waals surface area contributed by atoms with Gasteiger partial charge in [-0.1, -0.05) is 0 Å². The van der Waals surface area contributed by atoms with Crippen molar-refractivity contribution in [3.63, 3.8) is 0 Å². The van der Waals surface area contributed by atoms with Gasteiger partial charge in [-0.15, -0.1) is 0 Å². The van der Waals surface area contributed by atoms with Crippen LogP contribution in [0.4, 0.5) is 10.1 Å². The Morgan fingerprint density at radius 3 is 2.39 bits per heavy atom. The van der Waals surface area contributed by atoms with Crippen LogP contribution in [0.2, 0.25) is 0 Å². The van der Waals surface area contributed by atoms with Gasteiger partial charge in [0.1, 0.15) is 5.82 Å². The first-order chi connectivity index (χ1) is 10.7. The second-order valence-electron chi connectivity index (χ2n) is 5.41. The highest BCUT2D eigenvalue weighted by Gasteiger charge is 2.21. The summed E-state index contributed by atoms with van der Waals surface area (Å²) in [5.74, 6) is -2.61. The molecule has 0 amide bonds. The number of nitrogens with zero attached hydrogens (tertiary/aromatic N) is 1.